The molecule has 26 heavy (non-hydrogen) atoms. The molecule has 1 aliphatic rings. The summed E-state index contributed by atoms with van der Waals surface area (Å²) in [6.45, 7) is 0.456. The molecular formula is C17H18ClFN4O3. The molecule has 0 spiro atoms. The molecule has 2 heterocycles. The number of benzene rings is 1. The second kappa shape index (κ2) is 7.05. The topological polar surface area (TPSA) is 87.5 Å². The summed E-state index contributed by atoms with van der Waals surface area (Å²) in [5.74, 6) is -2.00. The molecule has 1 aromatic heterocycles. The van der Waals surface area contributed by atoms with Gasteiger partial charge < -0.3 is 19.9 Å². The maximum absolute atomic E-state index is 13.3. The van der Waals surface area contributed by atoms with Crippen molar-refractivity contribution in [2.45, 2.75) is 25.1 Å². The van der Waals surface area contributed by atoms with E-state index in [9.17, 15) is 19.1 Å². The second-order valence-corrected chi connectivity index (χ2v) is 6.73. The number of aromatic nitrogens is 2. The van der Waals surface area contributed by atoms with Crippen molar-refractivity contribution >= 4 is 23.4 Å². The van der Waals surface area contributed by atoms with E-state index in [4.69, 9.17) is 11.6 Å². The third-order valence-electron chi connectivity index (χ3n) is 4.40. The number of likely N-dealkylation sites (tertiary alicyclic amines) is 1. The maximum atomic E-state index is 13.3. The van der Waals surface area contributed by atoms with E-state index in [0.29, 0.717) is 5.56 Å². The van der Waals surface area contributed by atoms with Gasteiger partial charge in [-0.3, -0.25) is 9.59 Å². The van der Waals surface area contributed by atoms with Crippen LogP contribution in [0.1, 0.15) is 17.7 Å². The summed E-state index contributed by atoms with van der Waals surface area (Å²) < 4.78 is 15.1. The van der Waals surface area contributed by atoms with E-state index in [0.717, 1.165) is 11.8 Å². The van der Waals surface area contributed by atoms with Crippen LogP contribution in [0.5, 0.6) is 0 Å². The second-order valence-electron chi connectivity index (χ2n) is 6.29. The van der Waals surface area contributed by atoms with Gasteiger partial charge in [0, 0.05) is 37.8 Å². The first-order valence-corrected chi connectivity index (χ1v) is 8.37. The van der Waals surface area contributed by atoms with Crippen LogP contribution in [0, 0.1) is 5.82 Å². The Morgan fingerprint density at radius 1 is 1.46 bits per heavy atom. The normalized spacial score (nSPS) is 19.8. The number of carbonyl (C=O) groups excluding carboxylic acids is 2. The van der Waals surface area contributed by atoms with Crippen LogP contribution in [0.2, 0.25) is 5.02 Å². The average Bonchev–Trinajstić information content (AvgIpc) is 3.11. The number of rotatable bonds is 5. The molecule has 0 aliphatic carbocycles. The standard InChI is InChI=1S/C17H18ClFN4O3/c1-22-10-20-8-14(22)9-23-3-2-17(26,16(23)25)15(24)21-7-11-4-12(18)6-13(19)5-11/h4-6,8,10,26H,2-3,7,9H2,1H3,(H,21,24). The molecule has 0 bridgehead atoms. The molecule has 1 aliphatic heterocycles. The number of imidazole rings is 1. The van der Waals surface area contributed by atoms with E-state index < -0.39 is 23.2 Å². The van der Waals surface area contributed by atoms with Gasteiger partial charge in [0.25, 0.3) is 11.8 Å². The number of aliphatic hydroxyl groups is 1. The molecule has 1 atom stereocenters. The monoisotopic (exact) mass is 380 g/mol. The maximum Gasteiger partial charge on any atom is 0.264 e. The van der Waals surface area contributed by atoms with Gasteiger partial charge in [0.05, 0.1) is 18.6 Å². The number of hydrogen-bond acceptors (Lipinski definition) is 4. The molecule has 138 valence electrons. The predicted octanol–water partition coefficient (Wildman–Crippen LogP) is 0.992. The molecule has 0 saturated carbocycles. The number of nitrogens with zero attached hydrogens (tertiary/aromatic N) is 3. The van der Waals surface area contributed by atoms with Crippen molar-refractivity contribution in [2.75, 3.05) is 6.54 Å². The quantitative estimate of drug-likeness (QED) is 0.757. The molecule has 2 amide bonds. The van der Waals surface area contributed by atoms with Crippen molar-refractivity contribution in [1.29, 1.82) is 0 Å². The Bertz CT molecular complexity index is 836. The van der Waals surface area contributed by atoms with E-state index in [1.165, 1.54) is 17.0 Å². The van der Waals surface area contributed by atoms with Crippen LogP contribution in [0.25, 0.3) is 0 Å². The lowest BCUT2D eigenvalue weighted by atomic mass is 10.0. The van der Waals surface area contributed by atoms with Gasteiger partial charge >= 0.3 is 0 Å². The Labute approximate surface area is 154 Å². The Morgan fingerprint density at radius 2 is 2.23 bits per heavy atom. The van der Waals surface area contributed by atoms with Crippen LogP contribution in [-0.4, -0.2) is 43.5 Å². The van der Waals surface area contributed by atoms with E-state index in [1.54, 1.807) is 24.1 Å². The van der Waals surface area contributed by atoms with E-state index in [1.807, 2.05) is 0 Å². The molecule has 0 radical (unpaired) electrons. The Balaban J connectivity index is 1.65. The zero-order valence-corrected chi connectivity index (χ0v) is 14.8. The van der Waals surface area contributed by atoms with Crippen LogP contribution in [0.3, 0.4) is 0 Å². The molecule has 9 heteroatoms. The third kappa shape index (κ3) is 3.56. The largest absolute Gasteiger partial charge is 0.372 e. The molecule has 1 fully saturated rings. The number of amides is 2. The SMILES string of the molecule is Cn1cncc1CN1CCC(O)(C(=O)NCc2cc(F)cc(Cl)c2)C1=O. The number of carbonyl (C=O) groups is 2. The lowest BCUT2D eigenvalue weighted by molar-refractivity contribution is -0.154. The Hall–Kier alpha value is -2.45. The summed E-state index contributed by atoms with van der Waals surface area (Å²) in [6, 6.07) is 3.87. The van der Waals surface area contributed by atoms with E-state index >= 15 is 0 Å². The minimum Gasteiger partial charge on any atom is -0.372 e. The fourth-order valence-corrected chi connectivity index (χ4v) is 3.15. The van der Waals surface area contributed by atoms with Gasteiger partial charge in [-0.1, -0.05) is 11.6 Å². The number of hydrogen-bond donors (Lipinski definition) is 2. The zero-order valence-electron chi connectivity index (χ0n) is 14.1. The molecule has 1 aromatic carbocycles. The van der Waals surface area contributed by atoms with Gasteiger partial charge in [-0.25, -0.2) is 9.37 Å². The summed E-state index contributed by atoms with van der Waals surface area (Å²) in [4.78, 5) is 30.3. The van der Waals surface area contributed by atoms with Crippen LogP contribution in [0.4, 0.5) is 4.39 Å². The summed E-state index contributed by atoms with van der Waals surface area (Å²) in [5, 5.41) is 13.2. The molecule has 1 unspecified atom stereocenters. The molecule has 2 aromatic rings. The summed E-state index contributed by atoms with van der Waals surface area (Å²) in [7, 11) is 1.80. The first kappa shape index (κ1) is 18.3. The molecule has 7 nitrogen and oxygen atoms in total. The first-order chi connectivity index (χ1) is 12.3. The summed E-state index contributed by atoms with van der Waals surface area (Å²) >= 11 is 5.77. The Kier molecular flexibility index (Phi) is 4.97. The van der Waals surface area contributed by atoms with Gasteiger partial charge in [0.1, 0.15) is 5.82 Å². The van der Waals surface area contributed by atoms with Crippen molar-refractivity contribution in [2.24, 2.45) is 7.05 Å². The van der Waals surface area contributed by atoms with E-state index in [2.05, 4.69) is 10.3 Å². The number of halogens is 2. The molecule has 3 rings (SSSR count). The fraction of sp³-hybridized carbons (Fsp3) is 0.353. The van der Waals surface area contributed by atoms with Crippen LogP contribution in [0.15, 0.2) is 30.7 Å². The first-order valence-electron chi connectivity index (χ1n) is 8.00. The van der Waals surface area contributed by atoms with Crippen molar-refractivity contribution in [3.8, 4) is 0 Å². The minimum absolute atomic E-state index is 0.0145. The number of aryl methyl sites for hydroxylation is 1. The van der Waals surface area contributed by atoms with Crippen LogP contribution >= 0.6 is 11.6 Å². The van der Waals surface area contributed by atoms with Crippen LogP contribution in [-0.2, 0) is 29.7 Å². The smallest absolute Gasteiger partial charge is 0.264 e. The fourth-order valence-electron chi connectivity index (χ4n) is 2.90. The lowest BCUT2D eigenvalue weighted by Gasteiger charge is -2.21. The van der Waals surface area contributed by atoms with Gasteiger partial charge in [0.2, 0.25) is 5.60 Å². The highest BCUT2D eigenvalue weighted by Gasteiger charge is 2.51. The predicted molar refractivity (Wildman–Crippen MR) is 91.4 cm³/mol. The van der Waals surface area contributed by atoms with Crippen molar-refractivity contribution in [3.63, 3.8) is 0 Å². The van der Waals surface area contributed by atoms with Crippen molar-refractivity contribution < 1.29 is 19.1 Å². The molecule has 1 saturated heterocycles. The third-order valence-corrected chi connectivity index (χ3v) is 4.62. The molecule has 2 N–H and O–H groups in total. The highest BCUT2D eigenvalue weighted by molar-refractivity contribution is 6.30. The highest BCUT2D eigenvalue weighted by Crippen LogP contribution is 2.25. The van der Waals surface area contributed by atoms with Gasteiger partial charge in [0.15, 0.2) is 0 Å². The summed E-state index contributed by atoms with van der Waals surface area (Å²) in [6.07, 6.45) is 3.22. The summed E-state index contributed by atoms with van der Waals surface area (Å²) in [5.41, 5.74) is -0.906. The van der Waals surface area contributed by atoms with Gasteiger partial charge in [-0.15, -0.1) is 0 Å². The van der Waals surface area contributed by atoms with Crippen LogP contribution < -0.4 is 5.32 Å². The number of nitrogens with one attached hydrogen (secondary N) is 1. The highest BCUT2D eigenvalue weighted by atomic mass is 35.5. The lowest BCUT2D eigenvalue weighted by Crippen LogP contribution is -2.52. The van der Waals surface area contributed by atoms with Gasteiger partial charge in [-0.05, 0) is 23.8 Å². The van der Waals surface area contributed by atoms with Crippen molar-refractivity contribution in [3.05, 3.63) is 52.8 Å². The minimum atomic E-state index is -2.13. The van der Waals surface area contributed by atoms with Crippen molar-refractivity contribution in [1.82, 2.24) is 19.8 Å². The average molecular weight is 381 g/mol. The zero-order chi connectivity index (χ0) is 18.9. The molecular weight excluding hydrogens is 363 g/mol. The van der Waals surface area contributed by atoms with Gasteiger partial charge in [-0.2, -0.15) is 0 Å². The Morgan fingerprint density at radius 3 is 2.88 bits per heavy atom. The van der Waals surface area contributed by atoms with E-state index in [-0.39, 0.29) is 31.1 Å².